The van der Waals surface area contributed by atoms with Crippen molar-refractivity contribution in [3.63, 3.8) is 0 Å². The Bertz CT molecular complexity index is 261. The first kappa shape index (κ1) is 13.2. The lowest BCUT2D eigenvalue weighted by atomic mass is 9.98. The van der Waals surface area contributed by atoms with Crippen LogP contribution in [0.5, 0.6) is 0 Å². The highest BCUT2D eigenvalue weighted by Gasteiger charge is 2.08. The Morgan fingerprint density at radius 1 is 1.25 bits per heavy atom. The number of rotatable bonds is 5. The number of hydrogen-bond acceptors (Lipinski definition) is 1. The van der Waals surface area contributed by atoms with Crippen LogP contribution < -0.4 is 0 Å². The van der Waals surface area contributed by atoms with E-state index in [1.165, 1.54) is 32.1 Å². The van der Waals surface area contributed by atoms with Gasteiger partial charge in [-0.3, -0.25) is 4.79 Å². The number of unbranched alkanes of at least 4 members (excludes halogenated alkanes) is 3. The molecule has 1 heteroatoms. The van der Waals surface area contributed by atoms with Crippen LogP contribution in [0.2, 0.25) is 0 Å². The molecule has 0 fully saturated rings. The van der Waals surface area contributed by atoms with Gasteiger partial charge in [0.25, 0.3) is 0 Å². The summed E-state index contributed by atoms with van der Waals surface area (Å²) >= 11 is 0. The van der Waals surface area contributed by atoms with Crippen molar-refractivity contribution in [3.05, 3.63) is 23.8 Å². The van der Waals surface area contributed by atoms with Crippen molar-refractivity contribution in [2.24, 2.45) is 0 Å². The van der Waals surface area contributed by atoms with Crippen LogP contribution in [0, 0.1) is 0 Å². The van der Waals surface area contributed by atoms with E-state index in [2.05, 4.69) is 19.1 Å². The third kappa shape index (κ3) is 5.29. The van der Waals surface area contributed by atoms with Crippen LogP contribution in [0.25, 0.3) is 0 Å². The first-order valence-corrected chi connectivity index (χ1v) is 6.74. The molecule has 0 aromatic heterocycles. The Morgan fingerprint density at radius 2 is 2.12 bits per heavy atom. The summed E-state index contributed by atoms with van der Waals surface area (Å²) in [6.45, 7) is 2.21. The minimum absolute atomic E-state index is 0.339. The molecule has 0 bridgehead atoms. The van der Waals surface area contributed by atoms with Gasteiger partial charge in [-0.1, -0.05) is 44.4 Å². The third-order valence-corrected chi connectivity index (χ3v) is 3.07. The topological polar surface area (TPSA) is 17.1 Å². The van der Waals surface area contributed by atoms with Crippen molar-refractivity contribution in [1.29, 1.82) is 0 Å². The predicted molar refractivity (Wildman–Crippen MR) is 69.5 cm³/mol. The Morgan fingerprint density at radius 3 is 2.94 bits per heavy atom. The van der Waals surface area contributed by atoms with E-state index in [-0.39, 0.29) is 0 Å². The SMILES string of the molecule is CCCCC/C=C/C1=C/CCCCCC1=O. The molecule has 0 saturated carbocycles. The maximum atomic E-state index is 11.8. The molecule has 1 aliphatic carbocycles. The van der Waals surface area contributed by atoms with E-state index >= 15 is 0 Å². The minimum atomic E-state index is 0.339. The van der Waals surface area contributed by atoms with Crippen LogP contribution in [0.3, 0.4) is 0 Å². The molecule has 0 atom stereocenters. The zero-order valence-corrected chi connectivity index (χ0v) is 10.5. The highest BCUT2D eigenvalue weighted by atomic mass is 16.1. The van der Waals surface area contributed by atoms with Crippen LogP contribution in [0.1, 0.15) is 64.7 Å². The van der Waals surface area contributed by atoms with E-state index in [9.17, 15) is 4.79 Å². The largest absolute Gasteiger partial charge is 0.294 e. The fraction of sp³-hybridized carbons (Fsp3) is 0.667. The summed E-state index contributed by atoms with van der Waals surface area (Å²) in [6, 6.07) is 0. The van der Waals surface area contributed by atoms with Gasteiger partial charge in [0.1, 0.15) is 0 Å². The lowest BCUT2D eigenvalue weighted by molar-refractivity contribution is -0.115. The highest BCUT2D eigenvalue weighted by molar-refractivity contribution is 5.97. The Balaban J connectivity index is 2.39. The second kappa shape index (κ2) is 8.32. The fourth-order valence-electron chi connectivity index (χ4n) is 2.01. The van der Waals surface area contributed by atoms with Crippen LogP contribution in [0.15, 0.2) is 23.8 Å². The van der Waals surface area contributed by atoms with Crippen molar-refractivity contribution in [2.75, 3.05) is 0 Å². The van der Waals surface area contributed by atoms with E-state index in [1.54, 1.807) is 0 Å². The van der Waals surface area contributed by atoms with Crippen LogP contribution in [0.4, 0.5) is 0 Å². The average molecular weight is 220 g/mol. The predicted octanol–water partition coefficient (Wildman–Crippen LogP) is 4.58. The van der Waals surface area contributed by atoms with Crippen molar-refractivity contribution < 1.29 is 4.79 Å². The lowest BCUT2D eigenvalue weighted by Crippen LogP contribution is -2.02. The molecule has 0 amide bonds. The van der Waals surface area contributed by atoms with Gasteiger partial charge in [-0.15, -0.1) is 0 Å². The molecule has 0 aromatic carbocycles. The zero-order chi connectivity index (χ0) is 11.6. The van der Waals surface area contributed by atoms with Gasteiger partial charge >= 0.3 is 0 Å². The molecule has 0 spiro atoms. The number of allylic oxidation sites excluding steroid dienone is 4. The Hall–Kier alpha value is -0.850. The monoisotopic (exact) mass is 220 g/mol. The molecule has 0 aromatic rings. The molecule has 0 saturated heterocycles. The van der Waals surface area contributed by atoms with Crippen molar-refractivity contribution in [3.8, 4) is 0 Å². The maximum Gasteiger partial charge on any atom is 0.162 e. The summed E-state index contributed by atoms with van der Waals surface area (Å²) in [6.07, 6.45) is 16.6. The number of carbonyl (C=O) groups excluding carboxylic acids is 1. The Labute approximate surface area is 99.6 Å². The van der Waals surface area contributed by atoms with Gasteiger partial charge < -0.3 is 0 Å². The number of Topliss-reactive ketones (excluding diaryl/α,β-unsaturated/α-hetero) is 1. The quantitative estimate of drug-likeness (QED) is 0.620. The van der Waals surface area contributed by atoms with Crippen LogP contribution in [-0.2, 0) is 4.79 Å². The van der Waals surface area contributed by atoms with Crippen LogP contribution in [-0.4, -0.2) is 5.78 Å². The van der Waals surface area contributed by atoms with Gasteiger partial charge in [0.15, 0.2) is 5.78 Å². The first-order chi connectivity index (χ1) is 7.84. The van der Waals surface area contributed by atoms with Crippen molar-refractivity contribution in [1.82, 2.24) is 0 Å². The zero-order valence-electron chi connectivity index (χ0n) is 10.5. The molecule has 1 aliphatic rings. The summed E-state index contributed by atoms with van der Waals surface area (Å²) < 4.78 is 0. The van der Waals surface area contributed by atoms with E-state index < -0.39 is 0 Å². The molecule has 0 radical (unpaired) electrons. The molecular formula is C15H24O. The van der Waals surface area contributed by atoms with E-state index in [0.717, 1.165) is 31.3 Å². The standard InChI is InChI=1S/C15H24O/c1-2-3-4-5-8-11-14-12-9-6-7-10-13-15(14)16/h8,11-12H,2-7,9-10,13H2,1H3/b11-8+,14-12-. The number of ketones is 1. The fourth-order valence-corrected chi connectivity index (χ4v) is 2.01. The minimum Gasteiger partial charge on any atom is -0.294 e. The average Bonchev–Trinajstić information content (AvgIpc) is 2.27. The second-order valence-electron chi connectivity index (χ2n) is 4.58. The Kier molecular flexibility index (Phi) is 6.87. The van der Waals surface area contributed by atoms with E-state index in [4.69, 9.17) is 0 Å². The van der Waals surface area contributed by atoms with Gasteiger partial charge in [-0.05, 0) is 32.1 Å². The lowest BCUT2D eigenvalue weighted by Gasteiger charge is -2.06. The summed E-state index contributed by atoms with van der Waals surface area (Å²) in [4.78, 5) is 11.8. The van der Waals surface area contributed by atoms with Gasteiger partial charge in [-0.25, -0.2) is 0 Å². The first-order valence-electron chi connectivity index (χ1n) is 6.74. The van der Waals surface area contributed by atoms with Gasteiger partial charge in [0, 0.05) is 12.0 Å². The highest BCUT2D eigenvalue weighted by Crippen LogP contribution is 2.15. The van der Waals surface area contributed by atoms with E-state index in [0.29, 0.717) is 5.78 Å². The molecule has 0 aliphatic heterocycles. The second-order valence-corrected chi connectivity index (χ2v) is 4.58. The van der Waals surface area contributed by atoms with Crippen molar-refractivity contribution >= 4 is 5.78 Å². The van der Waals surface area contributed by atoms with Gasteiger partial charge in [0.05, 0.1) is 0 Å². The molecule has 90 valence electrons. The summed E-state index contributed by atoms with van der Waals surface area (Å²) in [5.74, 6) is 0.339. The summed E-state index contributed by atoms with van der Waals surface area (Å²) in [5.41, 5.74) is 0.955. The summed E-state index contributed by atoms with van der Waals surface area (Å²) in [7, 11) is 0. The maximum absolute atomic E-state index is 11.8. The normalized spacial score (nSPS) is 21.6. The molecule has 1 rings (SSSR count). The van der Waals surface area contributed by atoms with E-state index in [1.807, 2.05) is 6.08 Å². The molecule has 16 heavy (non-hydrogen) atoms. The molecular weight excluding hydrogens is 196 g/mol. The summed E-state index contributed by atoms with van der Waals surface area (Å²) in [5, 5.41) is 0. The molecule has 0 N–H and O–H groups in total. The molecule has 0 unspecified atom stereocenters. The molecule has 0 heterocycles. The van der Waals surface area contributed by atoms with Crippen molar-refractivity contribution in [2.45, 2.75) is 64.7 Å². The molecule has 1 nitrogen and oxygen atoms in total. The van der Waals surface area contributed by atoms with Crippen LogP contribution >= 0.6 is 0 Å². The number of hydrogen-bond donors (Lipinski definition) is 0. The van der Waals surface area contributed by atoms with Gasteiger partial charge in [0.2, 0.25) is 0 Å². The third-order valence-electron chi connectivity index (χ3n) is 3.07. The smallest absolute Gasteiger partial charge is 0.162 e. The van der Waals surface area contributed by atoms with Gasteiger partial charge in [-0.2, -0.15) is 0 Å². The number of carbonyl (C=O) groups is 1.